The second-order valence-corrected chi connectivity index (χ2v) is 5.25. The van der Waals surface area contributed by atoms with Crippen LogP contribution >= 0.6 is 11.8 Å². The lowest BCUT2D eigenvalue weighted by Gasteiger charge is -2.13. The van der Waals surface area contributed by atoms with E-state index in [0.717, 1.165) is 18.1 Å². The molecule has 2 heterocycles. The van der Waals surface area contributed by atoms with Gasteiger partial charge in [0.25, 0.3) is 0 Å². The molecule has 0 bridgehead atoms. The van der Waals surface area contributed by atoms with Gasteiger partial charge in [-0.3, -0.25) is 14.5 Å². The van der Waals surface area contributed by atoms with Gasteiger partial charge in [-0.15, -0.1) is 0 Å². The Morgan fingerprint density at radius 1 is 1.28 bits per heavy atom. The molecule has 0 saturated carbocycles. The minimum atomic E-state index is -0.0440. The Labute approximate surface area is 111 Å². The second-order valence-electron chi connectivity index (χ2n) is 4.19. The van der Waals surface area contributed by atoms with Gasteiger partial charge < -0.3 is 4.57 Å². The van der Waals surface area contributed by atoms with E-state index in [2.05, 4.69) is 16.5 Å². The number of amides is 2. The zero-order valence-corrected chi connectivity index (χ0v) is 11.3. The van der Waals surface area contributed by atoms with Crippen LogP contribution in [0.1, 0.15) is 26.2 Å². The van der Waals surface area contributed by atoms with Crippen LogP contribution in [-0.2, 0) is 16.1 Å². The predicted octanol–water partition coefficient (Wildman–Crippen LogP) is 1.53. The number of imide groups is 1. The maximum absolute atomic E-state index is 11.4. The molecule has 6 heteroatoms. The first-order valence-corrected chi connectivity index (χ1v) is 7.18. The number of hydrogen-bond acceptors (Lipinski definition) is 4. The Balaban J connectivity index is 1.83. The van der Waals surface area contributed by atoms with Crippen LogP contribution in [0, 0.1) is 0 Å². The van der Waals surface area contributed by atoms with Gasteiger partial charge in [0.05, 0.1) is 0 Å². The number of thioether (sulfide) groups is 1. The summed E-state index contributed by atoms with van der Waals surface area (Å²) in [5.74, 6) is 0.619. The summed E-state index contributed by atoms with van der Waals surface area (Å²) in [5, 5.41) is 0.955. The van der Waals surface area contributed by atoms with Crippen molar-refractivity contribution in [2.75, 3.05) is 12.3 Å². The second kappa shape index (κ2) is 6.04. The lowest BCUT2D eigenvalue weighted by molar-refractivity contribution is -0.137. The summed E-state index contributed by atoms with van der Waals surface area (Å²) in [4.78, 5) is 28.5. The number of aryl methyl sites for hydroxylation is 1. The molecule has 0 aromatic carbocycles. The minimum Gasteiger partial charge on any atom is -0.326 e. The van der Waals surface area contributed by atoms with E-state index in [1.165, 1.54) is 4.90 Å². The average molecular weight is 267 g/mol. The minimum absolute atomic E-state index is 0.0440. The fraction of sp³-hybridized carbons (Fsp3) is 0.583. The normalized spacial score (nSPS) is 15.7. The number of likely N-dealkylation sites (tertiary alicyclic amines) is 1. The van der Waals surface area contributed by atoms with E-state index in [1.807, 2.05) is 6.20 Å². The number of nitrogens with zero attached hydrogens (tertiary/aromatic N) is 3. The quantitative estimate of drug-likeness (QED) is 0.579. The Morgan fingerprint density at radius 3 is 2.67 bits per heavy atom. The van der Waals surface area contributed by atoms with Gasteiger partial charge in [0.15, 0.2) is 5.16 Å². The van der Waals surface area contributed by atoms with Gasteiger partial charge in [-0.2, -0.15) is 0 Å². The summed E-state index contributed by atoms with van der Waals surface area (Å²) in [5.41, 5.74) is 0. The predicted molar refractivity (Wildman–Crippen MR) is 69.2 cm³/mol. The van der Waals surface area contributed by atoms with E-state index < -0.39 is 0 Å². The molecular formula is C12H17N3O2S. The first-order chi connectivity index (χ1) is 8.72. The maximum atomic E-state index is 11.4. The van der Waals surface area contributed by atoms with Crippen molar-refractivity contribution in [1.29, 1.82) is 0 Å². The van der Waals surface area contributed by atoms with Gasteiger partial charge in [0.2, 0.25) is 11.8 Å². The first-order valence-electron chi connectivity index (χ1n) is 6.19. The molecule has 0 aliphatic carbocycles. The van der Waals surface area contributed by atoms with Crippen molar-refractivity contribution in [2.45, 2.75) is 37.9 Å². The standard InChI is InChI=1S/C12H17N3O2S/c1-2-6-14-7-5-13-12(14)18-9-8-15-10(16)3-4-11(15)17/h5,7H,2-4,6,8-9H2,1H3. The molecule has 18 heavy (non-hydrogen) atoms. The van der Waals surface area contributed by atoms with Crippen LogP contribution in [0.3, 0.4) is 0 Å². The molecule has 0 atom stereocenters. The Bertz CT molecular complexity index is 428. The molecule has 1 aliphatic rings. The van der Waals surface area contributed by atoms with Crippen molar-refractivity contribution in [1.82, 2.24) is 14.5 Å². The molecule has 0 unspecified atom stereocenters. The molecular weight excluding hydrogens is 250 g/mol. The number of carbonyl (C=O) groups is 2. The average Bonchev–Trinajstić information content (AvgIpc) is 2.91. The number of imidazole rings is 1. The molecule has 1 aliphatic heterocycles. The third-order valence-electron chi connectivity index (χ3n) is 2.84. The highest BCUT2D eigenvalue weighted by molar-refractivity contribution is 7.99. The lowest BCUT2D eigenvalue weighted by Crippen LogP contribution is -2.31. The first kappa shape index (κ1) is 13.1. The Kier molecular flexibility index (Phi) is 4.41. The molecule has 5 nitrogen and oxygen atoms in total. The van der Waals surface area contributed by atoms with Crippen LogP contribution in [0.25, 0.3) is 0 Å². The van der Waals surface area contributed by atoms with Crippen molar-refractivity contribution >= 4 is 23.6 Å². The van der Waals surface area contributed by atoms with Crippen molar-refractivity contribution in [3.8, 4) is 0 Å². The molecule has 1 aromatic rings. The van der Waals surface area contributed by atoms with Crippen molar-refractivity contribution in [2.24, 2.45) is 0 Å². The van der Waals surface area contributed by atoms with Crippen LogP contribution < -0.4 is 0 Å². The molecule has 1 fully saturated rings. The zero-order valence-electron chi connectivity index (χ0n) is 10.5. The van der Waals surface area contributed by atoms with Crippen LogP contribution in [-0.4, -0.2) is 38.6 Å². The van der Waals surface area contributed by atoms with Gasteiger partial charge >= 0.3 is 0 Å². The van der Waals surface area contributed by atoms with Crippen molar-refractivity contribution in [3.63, 3.8) is 0 Å². The highest BCUT2D eigenvalue weighted by Crippen LogP contribution is 2.18. The van der Waals surface area contributed by atoms with E-state index >= 15 is 0 Å². The van der Waals surface area contributed by atoms with E-state index in [4.69, 9.17) is 0 Å². The van der Waals surface area contributed by atoms with E-state index in [-0.39, 0.29) is 11.8 Å². The highest BCUT2D eigenvalue weighted by Gasteiger charge is 2.28. The summed E-state index contributed by atoms with van der Waals surface area (Å²) in [6, 6.07) is 0. The fourth-order valence-electron chi connectivity index (χ4n) is 1.95. The molecule has 0 N–H and O–H groups in total. The number of carbonyl (C=O) groups excluding carboxylic acids is 2. The molecule has 1 saturated heterocycles. The zero-order chi connectivity index (χ0) is 13.0. The van der Waals surface area contributed by atoms with E-state index in [0.29, 0.717) is 25.1 Å². The number of aromatic nitrogens is 2. The highest BCUT2D eigenvalue weighted by atomic mass is 32.2. The van der Waals surface area contributed by atoms with Crippen molar-refractivity contribution in [3.05, 3.63) is 12.4 Å². The van der Waals surface area contributed by atoms with Gasteiger partial charge in [-0.05, 0) is 6.42 Å². The lowest BCUT2D eigenvalue weighted by atomic mass is 10.4. The largest absolute Gasteiger partial charge is 0.326 e. The third kappa shape index (κ3) is 2.93. The molecule has 0 radical (unpaired) electrons. The molecule has 98 valence electrons. The summed E-state index contributed by atoms with van der Waals surface area (Å²) < 4.78 is 2.10. The summed E-state index contributed by atoms with van der Waals surface area (Å²) in [6.45, 7) is 3.56. The smallest absolute Gasteiger partial charge is 0.229 e. The van der Waals surface area contributed by atoms with E-state index in [9.17, 15) is 9.59 Å². The SMILES string of the molecule is CCCn1ccnc1SCCN1C(=O)CCC1=O. The monoisotopic (exact) mass is 267 g/mol. The molecule has 2 amide bonds. The molecule has 2 rings (SSSR count). The van der Waals surface area contributed by atoms with Gasteiger partial charge in [-0.1, -0.05) is 18.7 Å². The van der Waals surface area contributed by atoms with Crippen LogP contribution in [0.4, 0.5) is 0 Å². The number of rotatable bonds is 6. The van der Waals surface area contributed by atoms with Gasteiger partial charge in [0, 0.05) is 44.1 Å². The van der Waals surface area contributed by atoms with Gasteiger partial charge in [-0.25, -0.2) is 4.98 Å². The van der Waals surface area contributed by atoms with Crippen molar-refractivity contribution < 1.29 is 9.59 Å². The van der Waals surface area contributed by atoms with Crippen LogP contribution in [0.15, 0.2) is 17.6 Å². The fourth-order valence-corrected chi connectivity index (χ4v) is 2.86. The van der Waals surface area contributed by atoms with Gasteiger partial charge in [0.1, 0.15) is 0 Å². The summed E-state index contributed by atoms with van der Waals surface area (Å²) in [7, 11) is 0. The van der Waals surface area contributed by atoms with E-state index in [1.54, 1.807) is 18.0 Å². The third-order valence-corrected chi connectivity index (χ3v) is 3.83. The molecule has 1 aromatic heterocycles. The Morgan fingerprint density at radius 2 is 2.00 bits per heavy atom. The Hall–Kier alpha value is -1.30. The summed E-state index contributed by atoms with van der Waals surface area (Å²) in [6.07, 6.45) is 5.54. The maximum Gasteiger partial charge on any atom is 0.229 e. The number of hydrogen-bond donors (Lipinski definition) is 0. The van der Waals surface area contributed by atoms with Crippen LogP contribution in [0.2, 0.25) is 0 Å². The topological polar surface area (TPSA) is 55.2 Å². The summed E-state index contributed by atoms with van der Waals surface area (Å²) >= 11 is 1.59. The van der Waals surface area contributed by atoms with Crippen LogP contribution in [0.5, 0.6) is 0 Å². The molecule has 0 spiro atoms.